The molecule has 0 aliphatic heterocycles. The number of aliphatic carboxylic acids is 1. The van der Waals surface area contributed by atoms with E-state index in [0.29, 0.717) is 46.1 Å². The minimum atomic E-state index is -1.08. The number of carbonyl (C=O) groups excluding carboxylic acids is 1. The van der Waals surface area contributed by atoms with E-state index in [-0.39, 0.29) is 34.3 Å². The Balaban J connectivity index is 0.000000947. The summed E-state index contributed by atoms with van der Waals surface area (Å²) in [5.41, 5.74) is 3.98. The number of allylic oxidation sites excluding steroid dienone is 1. The van der Waals surface area contributed by atoms with Crippen molar-refractivity contribution in [2.24, 2.45) is 0 Å². The molecule has 0 fully saturated rings. The van der Waals surface area contributed by atoms with E-state index in [9.17, 15) is 10.2 Å². The maximum Gasteiger partial charge on any atom is 3.00 e. The molecular weight excluding hydrogens is 527 g/mol. The maximum absolute atomic E-state index is 12.9. The van der Waals surface area contributed by atoms with E-state index in [2.05, 4.69) is 11.6 Å². The molecule has 2 heterocycles. The van der Waals surface area contributed by atoms with Crippen LogP contribution in [0.3, 0.4) is 0 Å². The summed E-state index contributed by atoms with van der Waals surface area (Å²) in [6, 6.07) is 19.1. The molecule has 0 radical (unpaired) electrons. The number of hydrogen-bond acceptors (Lipinski definition) is 8. The third-order valence-electron chi connectivity index (χ3n) is 5.21. The van der Waals surface area contributed by atoms with Gasteiger partial charge in [-0.15, -0.1) is 6.58 Å². The van der Waals surface area contributed by atoms with Crippen molar-refractivity contribution in [3.63, 3.8) is 0 Å². The Hall–Kier alpha value is -4.33. The molecule has 2 aromatic heterocycles. The molecule has 0 bridgehead atoms. The standard InChI is InChI=1S/C27H24N2O4.C2H4O2.Mn/c1-4-7-17-14-20(27(31)26(15-17)33-3)22-9-6-11-24(29-22)23-10-5-8-21(28-23)19-16-18(32-2)12-13-25(19)30;1-2(3)4;/h4-6,8-16,30-31H,1,7H2,2-3H3;1H3,(H,3,4);/q;;+3/p-3. The fraction of sp³-hybridized carbons (Fsp3) is 0.138. The minimum absolute atomic E-state index is 0. The normalized spacial score (nSPS) is 9.87. The Morgan fingerprint density at radius 1 is 0.868 bits per heavy atom. The molecule has 4 aromatic rings. The van der Waals surface area contributed by atoms with Gasteiger partial charge in [0.05, 0.1) is 37.0 Å². The van der Waals surface area contributed by atoms with Gasteiger partial charge in [0.1, 0.15) is 11.5 Å². The topological polar surface area (TPSA) is 130 Å². The smallest absolute Gasteiger partial charge is 0.872 e. The van der Waals surface area contributed by atoms with Gasteiger partial charge >= 0.3 is 17.1 Å². The first kappa shape index (κ1) is 29.9. The molecule has 0 atom stereocenters. The van der Waals surface area contributed by atoms with Crippen LogP contribution in [0.15, 0.2) is 79.4 Å². The Bertz CT molecular complexity index is 1420. The van der Waals surface area contributed by atoms with Crippen LogP contribution in [0.2, 0.25) is 0 Å². The quantitative estimate of drug-likeness (QED) is 0.253. The SMILES string of the molecule is C=CCc1cc(OC)c([O-])c(-c2cccc(-c3cccc(-c4cc(OC)ccc4[O-])n3)n2)c1.CC(=O)[O-].[Mn+3]. The Morgan fingerprint density at radius 3 is 1.95 bits per heavy atom. The van der Waals surface area contributed by atoms with Gasteiger partial charge in [-0.3, -0.25) is 0 Å². The average molecular weight is 552 g/mol. The molecule has 0 saturated heterocycles. The molecule has 0 aliphatic carbocycles. The van der Waals surface area contributed by atoms with Crippen molar-refractivity contribution >= 4 is 5.97 Å². The van der Waals surface area contributed by atoms with E-state index in [0.717, 1.165) is 12.5 Å². The van der Waals surface area contributed by atoms with Crippen molar-refractivity contribution in [2.75, 3.05) is 14.2 Å². The van der Waals surface area contributed by atoms with Crippen LogP contribution in [-0.4, -0.2) is 30.2 Å². The van der Waals surface area contributed by atoms with Crippen LogP contribution in [0.5, 0.6) is 23.0 Å². The molecule has 0 unspecified atom stereocenters. The summed E-state index contributed by atoms with van der Waals surface area (Å²) in [6.07, 6.45) is 2.37. The molecule has 9 heteroatoms. The largest absolute Gasteiger partial charge is 3.00 e. The Morgan fingerprint density at radius 2 is 1.42 bits per heavy atom. The zero-order valence-corrected chi connectivity index (χ0v) is 22.2. The molecule has 0 aliphatic rings. The van der Waals surface area contributed by atoms with Gasteiger partial charge < -0.3 is 29.6 Å². The number of carboxylic acid groups (broad SMARTS) is 1. The number of carboxylic acids is 1. The van der Waals surface area contributed by atoms with Crippen LogP contribution >= 0.6 is 0 Å². The number of methoxy groups -OCH3 is 2. The summed E-state index contributed by atoms with van der Waals surface area (Å²) >= 11 is 0. The van der Waals surface area contributed by atoms with Crippen molar-refractivity contribution in [2.45, 2.75) is 13.3 Å². The van der Waals surface area contributed by atoms with E-state index in [1.807, 2.05) is 30.3 Å². The van der Waals surface area contributed by atoms with Gasteiger partial charge in [0, 0.05) is 5.97 Å². The summed E-state index contributed by atoms with van der Waals surface area (Å²) in [5, 5.41) is 34.2. The Kier molecular flexibility index (Phi) is 10.9. The molecule has 4 rings (SSSR count). The molecule has 8 nitrogen and oxygen atoms in total. The first-order valence-electron chi connectivity index (χ1n) is 11.2. The van der Waals surface area contributed by atoms with Crippen LogP contribution in [-0.2, 0) is 28.3 Å². The molecule has 2 aromatic carbocycles. The molecule has 194 valence electrons. The van der Waals surface area contributed by atoms with Crippen molar-refractivity contribution in [1.82, 2.24) is 9.97 Å². The molecule has 0 N–H and O–H groups in total. The molecule has 0 saturated carbocycles. The zero-order valence-electron chi connectivity index (χ0n) is 21.1. The maximum atomic E-state index is 12.9. The van der Waals surface area contributed by atoms with Crippen molar-refractivity contribution in [3.8, 4) is 56.9 Å². The van der Waals surface area contributed by atoms with Gasteiger partial charge in [0.2, 0.25) is 0 Å². The second-order valence-corrected chi connectivity index (χ2v) is 7.84. The predicted octanol–water partition coefficient (Wildman–Crippen LogP) is 3.12. The number of ether oxygens (including phenoxy) is 2. The van der Waals surface area contributed by atoms with Crippen molar-refractivity contribution in [1.29, 1.82) is 0 Å². The average Bonchev–Trinajstić information content (AvgIpc) is 2.90. The second kappa shape index (κ2) is 13.8. The van der Waals surface area contributed by atoms with Crippen LogP contribution in [0.4, 0.5) is 0 Å². The van der Waals surface area contributed by atoms with Gasteiger partial charge in [-0.1, -0.05) is 35.8 Å². The molecule has 0 amide bonds. The van der Waals surface area contributed by atoms with Crippen LogP contribution in [0.1, 0.15) is 12.5 Å². The van der Waals surface area contributed by atoms with E-state index < -0.39 is 5.97 Å². The number of nitrogens with zero attached hydrogens (tertiary/aromatic N) is 2. The van der Waals surface area contributed by atoms with Gasteiger partial charge in [-0.05, 0) is 78.6 Å². The third-order valence-corrected chi connectivity index (χ3v) is 5.21. The summed E-state index contributed by atoms with van der Waals surface area (Å²) in [5.74, 6) is -0.626. The van der Waals surface area contributed by atoms with Gasteiger partial charge in [-0.2, -0.15) is 0 Å². The van der Waals surface area contributed by atoms with Crippen LogP contribution in [0.25, 0.3) is 33.9 Å². The second-order valence-electron chi connectivity index (χ2n) is 7.84. The van der Waals surface area contributed by atoms with Crippen LogP contribution < -0.4 is 24.8 Å². The minimum Gasteiger partial charge on any atom is -0.872 e. The first-order valence-corrected chi connectivity index (χ1v) is 11.2. The van der Waals surface area contributed by atoms with Gasteiger partial charge in [-0.25, -0.2) is 9.97 Å². The third kappa shape index (κ3) is 7.35. The molecular formula is C29H25MnN2O6. The number of benzene rings is 2. The number of pyridine rings is 2. The van der Waals surface area contributed by atoms with E-state index >= 15 is 0 Å². The fourth-order valence-corrected chi connectivity index (χ4v) is 3.58. The summed E-state index contributed by atoms with van der Waals surface area (Å²) in [6.45, 7) is 4.74. The van der Waals surface area contributed by atoms with Gasteiger partial charge in [0.15, 0.2) is 0 Å². The van der Waals surface area contributed by atoms with Gasteiger partial charge in [0.25, 0.3) is 0 Å². The van der Waals surface area contributed by atoms with E-state index in [1.165, 1.54) is 13.2 Å². The Labute approximate surface area is 231 Å². The van der Waals surface area contributed by atoms with E-state index in [4.69, 9.17) is 24.4 Å². The monoisotopic (exact) mass is 552 g/mol. The number of carbonyl (C=O) groups is 1. The zero-order chi connectivity index (χ0) is 26.9. The van der Waals surface area contributed by atoms with Crippen molar-refractivity contribution < 1.29 is 46.7 Å². The first-order chi connectivity index (χ1) is 17.8. The number of aromatic nitrogens is 2. The number of hydrogen-bond donors (Lipinski definition) is 0. The summed E-state index contributed by atoms with van der Waals surface area (Å²) in [4.78, 5) is 18.2. The van der Waals surface area contributed by atoms with Crippen molar-refractivity contribution in [3.05, 3.63) is 84.9 Å². The number of rotatable bonds is 7. The summed E-state index contributed by atoms with van der Waals surface area (Å²) in [7, 11) is 3.02. The van der Waals surface area contributed by atoms with E-state index in [1.54, 1.807) is 43.5 Å². The fourth-order valence-electron chi connectivity index (χ4n) is 3.58. The van der Waals surface area contributed by atoms with Crippen LogP contribution in [0, 0.1) is 0 Å². The molecule has 0 spiro atoms. The molecule has 38 heavy (non-hydrogen) atoms. The summed E-state index contributed by atoms with van der Waals surface area (Å²) < 4.78 is 10.5. The predicted molar refractivity (Wildman–Crippen MR) is 135 cm³/mol.